The molecule has 0 spiro atoms. The van der Waals surface area contributed by atoms with Crippen molar-refractivity contribution >= 4 is 31.9 Å². The summed E-state index contributed by atoms with van der Waals surface area (Å²) in [6.07, 6.45) is 2.11. The molecule has 0 radical (unpaired) electrons. The fourth-order valence-electron chi connectivity index (χ4n) is 5.06. The van der Waals surface area contributed by atoms with Crippen LogP contribution in [-0.4, -0.2) is 90.3 Å². The quantitative estimate of drug-likeness (QED) is 0.295. The summed E-state index contributed by atoms with van der Waals surface area (Å²) in [6, 6.07) is 5.21. The van der Waals surface area contributed by atoms with Gasteiger partial charge in [-0.05, 0) is 55.5 Å². The van der Waals surface area contributed by atoms with Gasteiger partial charge < -0.3 is 24.4 Å². The van der Waals surface area contributed by atoms with Crippen molar-refractivity contribution in [2.24, 2.45) is 0 Å². The third-order valence-corrected chi connectivity index (χ3v) is 9.00. The van der Waals surface area contributed by atoms with E-state index in [9.17, 15) is 24.3 Å². The third-order valence-electron chi connectivity index (χ3n) is 7.30. The molecule has 11 heteroatoms. The average molecular weight is 532 g/mol. The summed E-state index contributed by atoms with van der Waals surface area (Å²) in [5.74, 6) is -0.342. The van der Waals surface area contributed by atoms with E-state index in [2.05, 4.69) is 19.6 Å². The normalized spacial score (nSPS) is 22.5. The number of fused-ring (bicyclic) bond motifs is 1. The molecule has 1 aromatic rings. The largest absolute Gasteiger partial charge is 0.491 e. The second-order valence-corrected chi connectivity index (χ2v) is 16.9. The number of piperidine rings is 2. The third kappa shape index (κ3) is 6.32. The summed E-state index contributed by atoms with van der Waals surface area (Å²) in [7, 11) is -1.29. The van der Waals surface area contributed by atoms with Crippen molar-refractivity contribution in [3.05, 3.63) is 29.3 Å². The first-order chi connectivity index (χ1) is 17.5. The van der Waals surface area contributed by atoms with Gasteiger partial charge in [0.25, 0.3) is 11.8 Å². The second-order valence-electron chi connectivity index (χ2n) is 11.3. The van der Waals surface area contributed by atoms with Crippen LogP contribution in [0, 0.1) is 0 Å². The molecule has 37 heavy (non-hydrogen) atoms. The Morgan fingerprint density at radius 1 is 1.14 bits per heavy atom. The molecule has 4 rings (SSSR count). The van der Waals surface area contributed by atoms with Crippen molar-refractivity contribution in [1.29, 1.82) is 0 Å². The molecule has 0 bridgehead atoms. The van der Waals surface area contributed by atoms with Crippen LogP contribution in [0.25, 0.3) is 0 Å². The van der Waals surface area contributed by atoms with E-state index in [1.807, 2.05) is 0 Å². The molecule has 0 saturated carbocycles. The molecule has 3 aliphatic rings. The van der Waals surface area contributed by atoms with E-state index < -0.39 is 26.1 Å². The zero-order valence-corrected chi connectivity index (χ0v) is 22.9. The second kappa shape index (κ2) is 11.2. The summed E-state index contributed by atoms with van der Waals surface area (Å²) in [4.78, 5) is 54.4. The van der Waals surface area contributed by atoms with Gasteiger partial charge >= 0.3 is 6.09 Å². The number of carbonyl (C=O) groups excluding carboxylic acids is 3. The molecule has 10 nitrogen and oxygen atoms in total. The highest BCUT2D eigenvalue weighted by molar-refractivity contribution is 6.76. The van der Waals surface area contributed by atoms with Gasteiger partial charge in [0.2, 0.25) is 5.91 Å². The fourth-order valence-corrected chi connectivity index (χ4v) is 5.82. The zero-order chi connectivity index (χ0) is 26.7. The number of imide groups is 1. The minimum atomic E-state index is -1.29. The maximum Gasteiger partial charge on any atom is 0.407 e. The van der Waals surface area contributed by atoms with Crippen LogP contribution in [0.5, 0.6) is 5.75 Å². The highest BCUT2D eigenvalue weighted by Crippen LogP contribution is 2.31. The van der Waals surface area contributed by atoms with Crippen LogP contribution in [0.2, 0.25) is 25.7 Å². The summed E-state index contributed by atoms with van der Waals surface area (Å²) < 4.78 is 11.6. The summed E-state index contributed by atoms with van der Waals surface area (Å²) in [6.45, 7) is 8.13. The molecule has 1 aromatic carbocycles. The topological polar surface area (TPSA) is 117 Å². The lowest BCUT2D eigenvalue weighted by Crippen LogP contribution is -2.55. The lowest BCUT2D eigenvalue weighted by molar-refractivity contribution is -0.158. The summed E-state index contributed by atoms with van der Waals surface area (Å²) in [5, 5.41) is 9.43. The van der Waals surface area contributed by atoms with Gasteiger partial charge in [0.05, 0.1) is 6.04 Å². The van der Waals surface area contributed by atoms with Gasteiger partial charge in [0.15, 0.2) is 0 Å². The van der Waals surface area contributed by atoms with Crippen LogP contribution >= 0.6 is 0 Å². The summed E-state index contributed by atoms with van der Waals surface area (Å²) in [5.41, 5.74) is 1.27. The standard InChI is InChI=1S/C26H37N3O7Si/c1-37(2,3)13-12-35-17-29-23(30)10-9-22(25(29)32)28-15-18-14-20(7-8-21(18)24(28)31)36-16-19-6-4-5-11-27(19)26(33)34/h7-8,14,19,22H,4-6,9-13,15-17H2,1-3H3,(H,33,34)/t19-,22?/m1/s1. The number of rotatable bonds is 9. The Bertz CT molecular complexity index is 1060. The number of likely N-dealkylation sites (tertiary alicyclic amines) is 2. The molecule has 3 aliphatic heterocycles. The molecule has 202 valence electrons. The molecule has 3 heterocycles. The van der Waals surface area contributed by atoms with Crippen molar-refractivity contribution in [2.75, 3.05) is 26.5 Å². The maximum atomic E-state index is 13.2. The molecule has 2 fully saturated rings. The van der Waals surface area contributed by atoms with Crippen LogP contribution < -0.4 is 4.74 Å². The van der Waals surface area contributed by atoms with E-state index in [-0.39, 0.29) is 44.2 Å². The molecule has 0 aliphatic carbocycles. The van der Waals surface area contributed by atoms with Gasteiger partial charge in [-0.1, -0.05) is 19.6 Å². The molecular weight excluding hydrogens is 494 g/mol. The van der Waals surface area contributed by atoms with Crippen LogP contribution in [-0.2, 0) is 20.9 Å². The average Bonchev–Trinajstić information content (AvgIpc) is 3.17. The number of ether oxygens (including phenoxy) is 2. The number of carboxylic acid groups (broad SMARTS) is 1. The molecule has 2 atom stereocenters. The Kier molecular flexibility index (Phi) is 8.22. The first-order valence-corrected chi connectivity index (χ1v) is 16.7. The maximum absolute atomic E-state index is 13.2. The summed E-state index contributed by atoms with van der Waals surface area (Å²) >= 11 is 0. The first kappa shape index (κ1) is 27.1. The minimum Gasteiger partial charge on any atom is -0.491 e. The number of benzene rings is 1. The molecule has 1 unspecified atom stereocenters. The number of hydrogen-bond donors (Lipinski definition) is 1. The monoisotopic (exact) mass is 531 g/mol. The zero-order valence-electron chi connectivity index (χ0n) is 21.9. The van der Waals surface area contributed by atoms with Gasteiger partial charge in [-0.25, -0.2) is 4.79 Å². The van der Waals surface area contributed by atoms with E-state index >= 15 is 0 Å². The van der Waals surface area contributed by atoms with Gasteiger partial charge in [0.1, 0.15) is 25.1 Å². The van der Waals surface area contributed by atoms with E-state index in [0.29, 0.717) is 30.9 Å². The number of nitrogens with zero attached hydrogens (tertiary/aromatic N) is 3. The Balaban J connectivity index is 1.37. The van der Waals surface area contributed by atoms with Crippen LogP contribution in [0.1, 0.15) is 48.0 Å². The van der Waals surface area contributed by atoms with Gasteiger partial charge in [-0.15, -0.1) is 0 Å². The van der Waals surface area contributed by atoms with E-state index in [1.54, 1.807) is 18.2 Å². The van der Waals surface area contributed by atoms with Gasteiger partial charge in [-0.2, -0.15) is 0 Å². The molecular formula is C26H37N3O7Si. The molecule has 1 N–H and O–H groups in total. The van der Waals surface area contributed by atoms with Crippen molar-refractivity contribution in [3.8, 4) is 5.75 Å². The lowest BCUT2D eigenvalue weighted by atomic mass is 10.0. The predicted octanol–water partition coefficient (Wildman–Crippen LogP) is 3.38. The highest BCUT2D eigenvalue weighted by atomic mass is 28.3. The van der Waals surface area contributed by atoms with Crippen molar-refractivity contribution in [1.82, 2.24) is 14.7 Å². The Labute approximate surface area is 218 Å². The minimum absolute atomic E-state index is 0.0832. The van der Waals surface area contributed by atoms with Crippen molar-refractivity contribution in [2.45, 2.75) is 76.4 Å². The first-order valence-electron chi connectivity index (χ1n) is 13.0. The lowest BCUT2D eigenvalue weighted by Gasteiger charge is -2.35. The van der Waals surface area contributed by atoms with Gasteiger partial charge in [-0.3, -0.25) is 19.3 Å². The smallest absolute Gasteiger partial charge is 0.407 e. The Hall–Kier alpha value is -2.92. The molecule has 2 saturated heterocycles. The number of carbonyl (C=O) groups is 4. The van der Waals surface area contributed by atoms with Crippen LogP contribution in [0.4, 0.5) is 4.79 Å². The van der Waals surface area contributed by atoms with Crippen molar-refractivity contribution < 1.29 is 33.8 Å². The predicted molar refractivity (Wildman–Crippen MR) is 138 cm³/mol. The number of hydrogen-bond acceptors (Lipinski definition) is 6. The Morgan fingerprint density at radius 3 is 2.65 bits per heavy atom. The SMILES string of the molecule is C[Si](C)(C)CCOCN1C(=O)CCC(N2Cc3cc(OC[C@H]4CCCCN4C(=O)O)ccc3C2=O)C1=O. The van der Waals surface area contributed by atoms with Gasteiger partial charge in [0, 0.05) is 39.8 Å². The van der Waals surface area contributed by atoms with Crippen LogP contribution in [0.3, 0.4) is 0 Å². The van der Waals surface area contributed by atoms with Crippen LogP contribution in [0.15, 0.2) is 18.2 Å². The molecule has 4 amide bonds. The Morgan fingerprint density at radius 2 is 1.92 bits per heavy atom. The highest BCUT2D eigenvalue weighted by Gasteiger charge is 2.43. The van der Waals surface area contributed by atoms with E-state index in [0.717, 1.165) is 35.8 Å². The number of amides is 4. The van der Waals surface area contributed by atoms with E-state index in [1.165, 1.54) is 9.80 Å². The van der Waals surface area contributed by atoms with E-state index in [4.69, 9.17) is 9.47 Å². The van der Waals surface area contributed by atoms with Crippen molar-refractivity contribution in [3.63, 3.8) is 0 Å². The molecule has 0 aromatic heterocycles. The fraction of sp³-hybridized carbons (Fsp3) is 0.615.